The van der Waals surface area contributed by atoms with E-state index in [-0.39, 0.29) is 0 Å². The first kappa shape index (κ1) is 14.4. The maximum absolute atomic E-state index is 4.71. The van der Waals surface area contributed by atoms with Crippen LogP contribution in [0, 0.1) is 0 Å². The fourth-order valence-corrected chi connectivity index (χ4v) is 3.29. The van der Waals surface area contributed by atoms with E-state index in [9.17, 15) is 0 Å². The van der Waals surface area contributed by atoms with Crippen LogP contribution in [0.1, 0.15) is 16.8 Å². The third-order valence-electron chi connectivity index (χ3n) is 4.31. The maximum Gasteiger partial charge on any atom is 0.138 e. The molecular formula is C21H17N3. The normalized spacial score (nSPS) is 11.3. The fourth-order valence-electron chi connectivity index (χ4n) is 3.29. The zero-order valence-electron chi connectivity index (χ0n) is 13.2. The Bertz CT molecular complexity index is 789. The molecule has 0 amide bonds. The molecule has 2 aromatic carbocycles. The van der Waals surface area contributed by atoms with Crippen molar-refractivity contribution in [3.8, 4) is 0 Å². The van der Waals surface area contributed by atoms with Crippen LogP contribution in [0.5, 0.6) is 0 Å². The molecule has 116 valence electrons. The van der Waals surface area contributed by atoms with E-state index in [4.69, 9.17) is 4.98 Å². The van der Waals surface area contributed by atoms with Crippen LogP contribution in [-0.4, -0.2) is 14.5 Å². The van der Waals surface area contributed by atoms with Gasteiger partial charge in [0, 0.05) is 18.6 Å². The van der Waals surface area contributed by atoms with Gasteiger partial charge in [0.15, 0.2) is 0 Å². The zero-order chi connectivity index (χ0) is 16.2. The van der Waals surface area contributed by atoms with Gasteiger partial charge in [0.05, 0.1) is 12.0 Å². The summed E-state index contributed by atoms with van der Waals surface area (Å²) in [5.74, 6) is 0. The molecule has 24 heavy (non-hydrogen) atoms. The van der Waals surface area contributed by atoms with Crippen molar-refractivity contribution < 1.29 is 0 Å². The average molecular weight is 311 g/mol. The SMILES string of the molecule is c1ccc(C(c2ccccc2)(c2ccccn2)n2ccnc2)cc1. The van der Waals surface area contributed by atoms with E-state index in [2.05, 4.69) is 64.1 Å². The predicted molar refractivity (Wildman–Crippen MR) is 94.6 cm³/mol. The monoisotopic (exact) mass is 311 g/mol. The van der Waals surface area contributed by atoms with Crippen molar-refractivity contribution in [3.05, 3.63) is 121 Å². The number of imidazole rings is 1. The van der Waals surface area contributed by atoms with E-state index in [0.717, 1.165) is 16.8 Å². The van der Waals surface area contributed by atoms with Gasteiger partial charge in [0.25, 0.3) is 0 Å². The van der Waals surface area contributed by atoms with Crippen LogP contribution < -0.4 is 0 Å². The van der Waals surface area contributed by atoms with Gasteiger partial charge in [-0.2, -0.15) is 0 Å². The molecule has 0 unspecified atom stereocenters. The molecule has 0 bridgehead atoms. The van der Waals surface area contributed by atoms with Crippen LogP contribution in [0.25, 0.3) is 0 Å². The standard InChI is InChI=1S/C21H17N3/c1-3-9-18(10-4-1)21(24-16-15-22-17-24,19-11-5-2-6-12-19)20-13-7-8-14-23-20/h1-17H. The minimum atomic E-state index is -0.555. The lowest BCUT2D eigenvalue weighted by molar-refractivity contribution is 0.500. The quantitative estimate of drug-likeness (QED) is 0.567. The van der Waals surface area contributed by atoms with Crippen LogP contribution >= 0.6 is 0 Å². The van der Waals surface area contributed by atoms with Crippen LogP contribution in [0.3, 0.4) is 0 Å². The first-order chi connectivity index (χ1) is 11.9. The van der Waals surface area contributed by atoms with Gasteiger partial charge >= 0.3 is 0 Å². The van der Waals surface area contributed by atoms with Gasteiger partial charge in [-0.1, -0.05) is 66.7 Å². The summed E-state index contributed by atoms with van der Waals surface area (Å²) in [5.41, 5.74) is 2.70. The van der Waals surface area contributed by atoms with Crippen molar-refractivity contribution in [3.63, 3.8) is 0 Å². The van der Waals surface area contributed by atoms with Gasteiger partial charge < -0.3 is 4.57 Å². The summed E-state index contributed by atoms with van der Waals surface area (Å²) < 4.78 is 2.12. The fraction of sp³-hybridized carbons (Fsp3) is 0.0476. The lowest BCUT2D eigenvalue weighted by Crippen LogP contribution is -2.37. The van der Waals surface area contributed by atoms with E-state index in [1.165, 1.54) is 0 Å². The van der Waals surface area contributed by atoms with Crippen molar-refractivity contribution in [2.45, 2.75) is 5.54 Å². The molecule has 4 rings (SSSR count). The Morgan fingerprint density at radius 1 is 0.667 bits per heavy atom. The highest BCUT2D eigenvalue weighted by Crippen LogP contribution is 2.39. The zero-order valence-corrected chi connectivity index (χ0v) is 13.2. The Hall–Kier alpha value is -3.20. The highest BCUT2D eigenvalue weighted by Gasteiger charge is 2.39. The Labute approximate surface area is 141 Å². The minimum Gasteiger partial charge on any atom is -0.317 e. The Balaban J connectivity index is 2.12. The van der Waals surface area contributed by atoms with E-state index < -0.39 is 5.54 Å². The van der Waals surface area contributed by atoms with Crippen molar-refractivity contribution in [2.24, 2.45) is 0 Å². The van der Waals surface area contributed by atoms with Crippen LogP contribution in [-0.2, 0) is 5.54 Å². The molecule has 0 aliphatic heterocycles. The number of pyridine rings is 1. The van der Waals surface area contributed by atoms with Gasteiger partial charge in [-0.25, -0.2) is 4.98 Å². The molecule has 0 saturated carbocycles. The molecule has 2 aromatic heterocycles. The second kappa shape index (κ2) is 6.13. The molecule has 0 N–H and O–H groups in total. The molecule has 0 fully saturated rings. The molecule has 0 saturated heterocycles. The summed E-state index contributed by atoms with van der Waals surface area (Å²) >= 11 is 0. The van der Waals surface area contributed by atoms with Gasteiger partial charge in [-0.3, -0.25) is 4.98 Å². The largest absolute Gasteiger partial charge is 0.317 e. The maximum atomic E-state index is 4.71. The van der Waals surface area contributed by atoms with Crippen LogP contribution in [0.15, 0.2) is 104 Å². The Morgan fingerprint density at radius 3 is 1.79 bits per heavy atom. The molecule has 4 aromatic rings. The van der Waals surface area contributed by atoms with E-state index in [1.54, 1.807) is 0 Å². The summed E-state index contributed by atoms with van der Waals surface area (Å²) in [6, 6.07) is 26.9. The van der Waals surface area contributed by atoms with E-state index in [1.807, 2.05) is 49.2 Å². The van der Waals surface area contributed by atoms with Crippen molar-refractivity contribution in [1.82, 2.24) is 14.5 Å². The van der Waals surface area contributed by atoms with Crippen LogP contribution in [0.2, 0.25) is 0 Å². The smallest absolute Gasteiger partial charge is 0.138 e. The van der Waals surface area contributed by atoms with Gasteiger partial charge in [0.2, 0.25) is 0 Å². The number of hydrogen-bond acceptors (Lipinski definition) is 2. The molecule has 0 radical (unpaired) electrons. The number of aromatic nitrogens is 3. The molecule has 0 atom stereocenters. The summed E-state index contributed by atoms with van der Waals surface area (Å²) in [6.07, 6.45) is 7.50. The van der Waals surface area contributed by atoms with Gasteiger partial charge in [0.1, 0.15) is 5.54 Å². The third-order valence-corrected chi connectivity index (χ3v) is 4.31. The van der Waals surface area contributed by atoms with Gasteiger partial charge in [-0.15, -0.1) is 0 Å². The summed E-state index contributed by atoms with van der Waals surface area (Å²) in [5, 5.41) is 0. The minimum absolute atomic E-state index is 0.555. The first-order valence-electron chi connectivity index (χ1n) is 7.93. The number of nitrogens with zero attached hydrogens (tertiary/aromatic N) is 3. The molecular weight excluding hydrogens is 294 g/mol. The first-order valence-corrected chi connectivity index (χ1v) is 7.93. The van der Waals surface area contributed by atoms with Crippen molar-refractivity contribution in [2.75, 3.05) is 0 Å². The Morgan fingerprint density at radius 2 is 1.29 bits per heavy atom. The number of hydrogen-bond donors (Lipinski definition) is 0. The average Bonchev–Trinajstić information content (AvgIpc) is 3.20. The van der Waals surface area contributed by atoms with E-state index >= 15 is 0 Å². The number of rotatable bonds is 4. The molecule has 2 heterocycles. The van der Waals surface area contributed by atoms with Crippen molar-refractivity contribution in [1.29, 1.82) is 0 Å². The highest BCUT2D eigenvalue weighted by atomic mass is 15.1. The van der Waals surface area contributed by atoms with Crippen LogP contribution in [0.4, 0.5) is 0 Å². The lowest BCUT2D eigenvalue weighted by atomic mass is 9.79. The summed E-state index contributed by atoms with van der Waals surface area (Å²) in [7, 11) is 0. The second-order valence-corrected chi connectivity index (χ2v) is 5.63. The molecule has 0 aliphatic carbocycles. The topological polar surface area (TPSA) is 30.7 Å². The molecule has 0 aliphatic rings. The third kappa shape index (κ3) is 2.22. The van der Waals surface area contributed by atoms with E-state index in [0.29, 0.717) is 0 Å². The summed E-state index contributed by atoms with van der Waals surface area (Å²) in [6.45, 7) is 0. The van der Waals surface area contributed by atoms with Crippen molar-refractivity contribution >= 4 is 0 Å². The number of benzene rings is 2. The predicted octanol–water partition coefficient (Wildman–Crippen LogP) is 4.12. The van der Waals surface area contributed by atoms with Gasteiger partial charge in [-0.05, 0) is 23.3 Å². The summed E-state index contributed by atoms with van der Waals surface area (Å²) in [4.78, 5) is 9.01. The molecule has 3 nitrogen and oxygen atoms in total. The lowest BCUT2D eigenvalue weighted by Gasteiger charge is -2.36. The Kier molecular flexibility index (Phi) is 3.67. The molecule has 3 heteroatoms. The second-order valence-electron chi connectivity index (χ2n) is 5.63. The highest BCUT2D eigenvalue weighted by molar-refractivity contribution is 5.48. The molecule has 0 spiro atoms.